The van der Waals surface area contributed by atoms with Gasteiger partial charge in [-0.2, -0.15) is 0 Å². The van der Waals surface area contributed by atoms with E-state index in [0.717, 1.165) is 38.5 Å². The third-order valence-electron chi connectivity index (χ3n) is 3.40. The van der Waals surface area contributed by atoms with Gasteiger partial charge in [-0.15, -0.1) is 0 Å². The maximum absolute atomic E-state index is 11.7. The molecule has 0 radical (unpaired) electrons. The minimum absolute atomic E-state index is 0.0365. The molecule has 5 nitrogen and oxygen atoms in total. The van der Waals surface area contributed by atoms with E-state index in [1.54, 1.807) is 0 Å². The first-order valence-electron chi connectivity index (χ1n) is 7.20. The van der Waals surface area contributed by atoms with Crippen LogP contribution in [0.3, 0.4) is 0 Å². The number of aliphatic hydroxyl groups is 3. The number of hydrogen-bond donors (Lipinski definition) is 3. The quantitative estimate of drug-likeness (QED) is 0.285. The normalized spacial score (nSPS) is 14.1. The van der Waals surface area contributed by atoms with Crippen molar-refractivity contribution in [2.24, 2.45) is 11.8 Å². The van der Waals surface area contributed by atoms with Gasteiger partial charge in [-0.05, 0) is 25.2 Å². The van der Waals surface area contributed by atoms with E-state index in [4.69, 9.17) is 10.2 Å². The molecule has 0 amide bonds. The highest BCUT2D eigenvalue weighted by Gasteiger charge is 2.27. The van der Waals surface area contributed by atoms with Crippen molar-refractivity contribution in [1.29, 1.82) is 0 Å². The second-order valence-electron chi connectivity index (χ2n) is 4.86. The largest absolute Gasteiger partial charge is 0.438 e. The molecule has 5 heteroatoms. The molecule has 0 saturated carbocycles. The minimum atomic E-state index is -0.603. The van der Waals surface area contributed by atoms with Gasteiger partial charge >= 0.3 is 5.97 Å². The Kier molecular flexibility index (Phi) is 12.0. The van der Waals surface area contributed by atoms with Crippen LogP contribution in [0.25, 0.3) is 0 Å². The summed E-state index contributed by atoms with van der Waals surface area (Å²) < 4.78 is 4.66. The fourth-order valence-corrected chi connectivity index (χ4v) is 2.32. The van der Waals surface area contributed by atoms with E-state index in [0.29, 0.717) is 6.42 Å². The number of aliphatic hydroxyl groups excluding tert-OH is 3. The van der Waals surface area contributed by atoms with E-state index in [1.165, 1.54) is 0 Å². The van der Waals surface area contributed by atoms with Gasteiger partial charge < -0.3 is 20.1 Å². The lowest BCUT2D eigenvalue weighted by Gasteiger charge is -2.23. The summed E-state index contributed by atoms with van der Waals surface area (Å²) in [6.45, 7) is 1.55. The number of esters is 1. The highest BCUT2D eigenvalue weighted by Crippen LogP contribution is 2.24. The summed E-state index contributed by atoms with van der Waals surface area (Å²) in [6.07, 6.45) is 5.96. The predicted molar refractivity (Wildman–Crippen MR) is 72.3 cm³/mol. The molecule has 0 heterocycles. The van der Waals surface area contributed by atoms with E-state index < -0.39 is 12.8 Å². The van der Waals surface area contributed by atoms with E-state index in [-0.39, 0.29) is 25.0 Å². The Labute approximate surface area is 115 Å². The maximum Gasteiger partial charge on any atom is 0.311 e. The SMILES string of the molecule is CCCC(C(=O)OCO)C(CO)CCCCCCO. The molecule has 2 unspecified atom stereocenters. The molecule has 114 valence electrons. The van der Waals surface area contributed by atoms with Crippen LogP contribution in [-0.2, 0) is 9.53 Å². The fraction of sp³-hybridized carbons (Fsp3) is 0.929. The second-order valence-corrected chi connectivity index (χ2v) is 4.86. The number of ether oxygens (including phenoxy) is 1. The van der Waals surface area contributed by atoms with Crippen molar-refractivity contribution in [3.05, 3.63) is 0 Å². The molecule has 0 fully saturated rings. The molecule has 0 spiro atoms. The Hall–Kier alpha value is -0.650. The first kappa shape index (κ1) is 18.4. The van der Waals surface area contributed by atoms with Crippen molar-refractivity contribution in [3.8, 4) is 0 Å². The van der Waals surface area contributed by atoms with Gasteiger partial charge in [0, 0.05) is 13.2 Å². The molecule has 0 saturated heterocycles. The molecular weight excluding hydrogens is 248 g/mol. The van der Waals surface area contributed by atoms with E-state index >= 15 is 0 Å². The molecule has 0 aromatic rings. The molecule has 0 rings (SSSR count). The summed E-state index contributed by atoms with van der Waals surface area (Å²) >= 11 is 0. The standard InChI is InChI=1S/C14H28O5/c1-2-7-13(14(18)19-11-17)12(10-16)8-5-3-4-6-9-15/h12-13,15-17H,2-11H2,1H3. The zero-order valence-corrected chi connectivity index (χ0v) is 11.9. The molecule has 0 aromatic carbocycles. The van der Waals surface area contributed by atoms with Gasteiger partial charge in [0.15, 0.2) is 6.79 Å². The number of rotatable bonds is 12. The Balaban J connectivity index is 4.20. The number of unbranched alkanes of at least 4 members (excludes halogenated alkanes) is 3. The lowest BCUT2D eigenvalue weighted by atomic mass is 9.85. The Bertz CT molecular complexity index is 220. The van der Waals surface area contributed by atoms with Gasteiger partial charge in [-0.1, -0.05) is 32.6 Å². The number of carbonyl (C=O) groups excluding carboxylic acids is 1. The van der Waals surface area contributed by atoms with Crippen LogP contribution < -0.4 is 0 Å². The van der Waals surface area contributed by atoms with E-state index in [2.05, 4.69) is 4.74 Å². The first-order valence-corrected chi connectivity index (χ1v) is 7.20. The van der Waals surface area contributed by atoms with Gasteiger partial charge in [-0.25, -0.2) is 0 Å². The number of carbonyl (C=O) groups is 1. The lowest BCUT2D eigenvalue weighted by molar-refractivity contribution is -0.160. The molecule has 0 aromatic heterocycles. The minimum Gasteiger partial charge on any atom is -0.438 e. The average Bonchev–Trinajstić information content (AvgIpc) is 2.41. The van der Waals surface area contributed by atoms with Crippen molar-refractivity contribution < 1.29 is 24.9 Å². The molecule has 2 atom stereocenters. The van der Waals surface area contributed by atoms with Crippen LogP contribution >= 0.6 is 0 Å². The molecule has 0 bridgehead atoms. The zero-order chi connectivity index (χ0) is 14.5. The molecular formula is C14H28O5. The summed E-state index contributed by atoms with van der Waals surface area (Å²) in [4.78, 5) is 11.7. The first-order chi connectivity index (χ1) is 9.21. The monoisotopic (exact) mass is 276 g/mol. The maximum atomic E-state index is 11.7. The summed E-state index contributed by atoms with van der Waals surface area (Å²) in [6, 6.07) is 0. The van der Waals surface area contributed by atoms with Crippen molar-refractivity contribution >= 4 is 5.97 Å². The van der Waals surface area contributed by atoms with Crippen molar-refractivity contribution in [1.82, 2.24) is 0 Å². The van der Waals surface area contributed by atoms with Gasteiger partial charge in [0.1, 0.15) is 0 Å². The average molecular weight is 276 g/mol. The molecule has 0 aliphatic rings. The summed E-state index contributed by atoms with van der Waals surface area (Å²) in [7, 11) is 0. The molecule has 0 aliphatic heterocycles. The summed E-state index contributed by atoms with van der Waals surface area (Å²) in [5, 5.41) is 26.8. The third-order valence-corrected chi connectivity index (χ3v) is 3.40. The van der Waals surface area contributed by atoms with Crippen LogP contribution in [0.1, 0.15) is 51.9 Å². The van der Waals surface area contributed by atoms with Gasteiger partial charge in [0.25, 0.3) is 0 Å². The van der Waals surface area contributed by atoms with E-state index in [1.807, 2.05) is 6.92 Å². The second kappa shape index (κ2) is 12.4. The molecule has 3 N–H and O–H groups in total. The van der Waals surface area contributed by atoms with Crippen molar-refractivity contribution in [2.45, 2.75) is 51.9 Å². The van der Waals surface area contributed by atoms with Gasteiger partial charge in [0.05, 0.1) is 5.92 Å². The highest BCUT2D eigenvalue weighted by atomic mass is 16.6. The van der Waals surface area contributed by atoms with E-state index in [9.17, 15) is 9.90 Å². The lowest BCUT2D eigenvalue weighted by Crippen LogP contribution is -2.28. The molecule has 0 aliphatic carbocycles. The summed E-state index contributed by atoms with van der Waals surface area (Å²) in [5.41, 5.74) is 0. The predicted octanol–water partition coefficient (Wildman–Crippen LogP) is 1.45. The Morgan fingerprint density at radius 3 is 2.26 bits per heavy atom. The Morgan fingerprint density at radius 1 is 1.05 bits per heavy atom. The van der Waals surface area contributed by atoms with Crippen molar-refractivity contribution in [2.75, 3.05) is 20.0 Å². The van der Waals surface area contributed by atoms with Crippen LogP contribution in [0.2, 0.25) is 0 Å². The molecule has 19 heavy (non-hydrogen) atoms. The zero-order valence-electron chi connectivity index (χ0n) is 11.9. The Morgan fingerprint density at radius 2 is 1.74 bits per heavy atom. The van der Waals surface area contributed by atoms with Crippen LogP contribution in [0, 0.1) is 11.8 Å². The number of hydrogen-bond acceptors (Lipinski definition) is 5. The van der Waals surface area contributed by atoms with Gasteiger partial charge in [0.2, 0.25) is 0 Å². The van der Waals surface area contributed by atoms with Crippen molar-refractivity contribution in [3.63, 3.8) is 0 Å². The van der Waals surface area contributed by atoms with Crippen LogP contribution in [-0.4, -0.2) is 41.3 Å². The van der Waals surface area contributed by atoms with Crippen LogP contribution in [0.5, 0.6) is 0 Å². The topological polar surface area (TPSA) is 87.0 Å². The van der Waals surface area contributed by atoms with Gasteiger partial charge in [-0.3, -0.25) is 4.79 Å². The highest BCUT2D eigenvalue weighted by molar-refractivity contribution is 5.72. The van der Waals surface area contributed by atoms with Crippen LogP contribution in [0.15, 0.2) is 0 Å². The smallest absolute Gasteiger partial charge is 0.311 e. The fourth-order valence-electron chi connectivity index (χ4n) is 2.32. The van der Waals surface area contributed by atoms with Crippen LogP contribution in [0.4, 0.5) is 0 Å². The third kappa shape index (κ3) is 8.18. The summed E-state index contributed by atoms with van der Waals surface area (Å²) in [5.74, 6) is -0.855.